The van der Waals surface area contributed by atoms with Crippen LogP contribution in [-0.4, -0.2) is 13.7 Å². The van der Waals surface area contributed by atoms with Crippen LogP contribution in [0.5, 0.6) is 0 Å². The van der Waals surface area contributed by atoms with Crippen LogP contribution in [0.15, 0.2) is 12.1 Å². The Balaban J connectivity index is 2.52. The van der Waals surface area contributed by atoms with Crippen LogP contribution in [0.25, 0.3) is 0 Å². The van der Waals surface area contributed by atoms with Crippen molar-refractivity contribution in [3.63, 3.8) is 0 Å². The van der Waals surface area contributed by atoms with Crippen molar-refractivity contribution < 1.29 is 4.74 Å². The van der Waals surface area contributed by atoms with Crippen LogP contribution in [0.3, 0.4) is 0 Å². The average Bonchev–Trinajstić information content (AvgIpc) is 2.18. The highest BCUT2D eigenvalue weighted by Gasteiger charge is 2.27. The highest BCUT2D eigenvalue weighted by Crippen LogP contribution is 2.38. The average molecular weight is 205 g/mol. The molecule has 0 fully saturated rings. The lowest BCUT2D eigenvalue weighted by atomic mass is 9.88. The van der Waals surface area contributed by atoms with E-state index in [1.807, 2.05) is 0 Å². The molecule has 0 amide bonds. The molecule has 1 aliphatic heterocycles. The number of hydrogen-bond acceptors (Lipinski definition) is 2. The number of benzene rings is 1. The second-order valence-electron chi connectivity index (χ2n) is 4.56. The molecule has 0 aromatic heterocycles. The van der Waals surface area contributed by atoms with Gasteiger partial charge in [0.1, 0.15) is 0 Å². The first-order chi connectivity index (χ1) is 7.13. The molecule has 1 aromatic rings. The Morgan fingerprint density at radius 2 is 2.07 bits per heavy atom. The van der Waals surface area contributed by atoms with Crippen molar-refractivity contribution in [3.8, 4) is 0 Å². The quantitative estimate of drug-likeness (QED) is 0.760. The van der Waals surface area contributed by atoms with Gasteiger partial charge in [-0.25, -0.2) is 0 Å². The number of fused-ring (bicyclic) bond motifs is 1. The van der Waals surface area contributed by atoms with Crippen LogP contribution >= 0.6 is 0 Å². The molecule has 0 saturated heterocycles. The van der Waals surface area contributed by atoms with Gasteiger partial charge in [0.25, 0.3) is 0 Å². The molecule has 82 valence electrons. The van der Waals surface area contributed by atoms with Crippen LogP contribution < -0.4 is 5.32 Å². The molecule has 0 bridgehead atoms. The molecule has 2 unspecified atom stereocenters. The van der Waals surface area contributed by atoms with Gasteiger partial charge >= 0.3 is 0 Å². The van der Waals surface area contributed by atoms with Gasteiger partial charge in [0.05, 0.1) is 6.10 Å². The number of methoxy groups -OCH3 is 1. The third kappa shape index (κ3) is 1.74. The highest BCUT2D eigenvalue weighted by atomic mass is 16.5. The molecule has 2 atom stereocenters. The van der Waals surface area contributed by atoms with E-state index in [0.717, 1.165) is 6.54 Å². The van der Waals surface area contributed by atoms with Gasteiger partial charge in [0.15, 0.2) is 0 Å². The summed E-state index contributed by atoms with van der Waals surface area (Å²) in [6.45, 7) is 7.52. The molecule has 1 aromatic carbocycles. The number of nitrogens with one attached hydrogen (secondary N) is 1. The standard InChI is InChI=1S/C13H19NO/c1-8-5-9(2)12-11(6-8)14-7-10(3)13(12)15-4/h5-6,10,13-14H,7H2,1-4H3. The van der Waals surface area contributed by atoms with Gasteiger partial charge in [-0.3, -0.25) is 0 Å². The predicted octanol–water partition coefficient (Wildman–Crippen LogP) is 3.05. The fourth-order valence-corrected chi connectivity index (χ4v) is 2.52. The van der Waals surface area contributed by atoms with Crippen LogP contribution in [0.4, 0.5) is 5.69 Å². The number of rotatable bonds is 1. The SMILES string of the molecule is COC1c2c(C)cc(C)cc2NCC1C. The molecule has 15 heavy (non-hydrogen) atoms. The Labute approximate surface area is 91.6 Å². The van der Waals surface area contributed by atoms with Crippen molar-refractivity contribution in [1.82, 2.24) is 0 Å². The Hall–Kier alpha value is -1.02. The van der Waals surface area contributed by atoms with Crippen molar-refractivity contribution in [2.75, 3.05) is 19.0 Å². The number of ether oxygens (including phenoxy) is 1. The van der Waals surface area contributed by atoms with Crippen molar-refractivity contribution in [2.45, 2.75) is 26.9 Å². The molecule has 0 saturated carbocycles. The lowest BCUT2D eigenvalue weighted by molar-refractivity contribution is 0.0591. The van der Waals surface area contributed by atoms with Gasteiger partial charge in [-0.05, 0) is 31.0 Å². The smallest absolute Gasteiger partial charge is 0.0885 e. The van der Waals surface area contributed by atoms with Crippen LogP contribution in [0.2, 0.25) is 0 Å². The topological polar surface area (TPSA) is 21.3 Å². The lowest BCUT2D eigenvalue weighted by Gasteiger charge is -2.33. The summed E-state index contributed by atoms with van der Waals surface area (Å²) in [6, 6.07) is 4.44. The minimum absolute atomic E-state index is 0.238. The molecule has 1 aliphatic rings. The van der Waals surface area contributed by atoms with Crippen molar-refractivity contribution in [2.24, 2.45) is 5.92 Å². The van der Waals surface area contributed by atoms with Gasteiger partial charge in [0.2, 0.25) is 0 Å². The van der Waals surface area contributed by atoms with E-state index in [0.29, 0.717) is 5.92 Å². The summed E-state index contributed by atoms with van der Waals surface area (Å²) in [5.74, 6) is 0.531. The fourth-order valence-electron chi connectivity index (χ4n) is 2.52. The van der Waals surface area contributed by atoms with Gasteiger partial charge in [-0.2, -0.15) is 0 Å². The molecule has 1 N–H and O–H groups in total. The van der Waals surface area contributed by atoms with E-state index in [9.17, 15) is 0 Å². The largest absolute Gasteiger partial charge is 0.384 e. The van der Waals surface area contributed by atoms with Crippen molar-refractivity contribution >= 4 is 5.69 Å². The minimum atomic E-state index is 0.238. The maximum atomic E-state index is 5.61. The molecule has 0 radical (unpaired) electrons. The fraction of sp³-hybridized carbons (Fsp3) is 0.538. The zero-order valence-electron chi connectivity index (χ0n) is 9.92. The lowest BCUT2D eigenvalue weighted by Crippen LogP contribution is -2.27. The van der Waals surface area contributed by atoms with E-state index in [-0.39, 0.29) is 6.10 Å². The molecule has 2 rings (SSSR count). The zero-order chi connectivity index (χ0) is 11.0. The van der Waals surface area contributed by atoms with Crippen LogP contribution in [-0.2, 0) is 4.74 Å². The second-order valence-corrected chi connectivity index (χ2v) is 4.56. The van der Waals surface area contributed by atoms with E-state index >= 15 is 0 Å². The number of aryl methyl sites for hydroxylation is 2. The normalized spacial score (nSPS) is 24.5. The first-order valence-electron chi connectivity index (χ1n) is 5.51. The summed E-state index contributed by atoms with van der Waals surface area (Å²) in [6.07, 6.45) is 0.238. The van der Waals surface area contributed by atoms with E-state index in [1.54, 1.807) is 7.11 Å². The van der Waals surface area contributed by atoms with Crippen LogP contribution in [0.1, 0.15) is 29.7 Å². The van der Waals surface area contributed by atoms with Crippen LogP contribution in [0, 0.1) is 19.8 Å². The summed E-state index contributed by atoms with van der Waals surface area (Å²) in [7, 11) is 1.80. The molecule has 2 heteroatoms. The zero-order valence-corrected chi connectivity index (χ0v) is 9.92. The van der Waals surface area contributed by atoms with E-state index in [2.05, 4.69) is 38.2 Å². The Kier molecular flexibility index (Phi) is 2.70. The summed E-state index contributed by atoms with van der Waals surface area (Å²) < 4.78 is 5.61. The molecule has 2 nitrogen and oxygen atoms in total. The summed E-state index contributed by atoms with van der Waals surface area (Å²) in [4.78, 5) is 0. The molecule has 0 aliphatic carbocycles. The van der Waals surface area contributed by atoms with Gasteiger partial charge in [-0.15, -0.1) is 0 Å². The number of hydrogen-bond donors (Lipinski definition) is 1. The summed E-state index contributed by atoms with van der Waals surface area (Å²) in [5, 5.41) is 3.48. The Morgan fingerprint density at radius 1 is 1.33 bits per heavy atom. The maximum absolute atomic E-state index is 5.61. The summed E-state index contributed by atoms with van der Waals surface area (Å²) >= 11 is 0. The molecular weight excluding hydrogens is 186 g/mol. The monoisotopic (exact) mass is 205 g/mol. The van der Waals surface area contributed by atoms with Gasteiger partial charge in [-0.1, -0.05) is 13.0 Å². The molecule has 1 heterocycles. The Bertz CT molecular complexity index is 373. The van der Waals surface area contributed by atoms with Gasteiger partial charge < -0.3 is 10.1 Å². The summed E-state index contributed by atoms with van der Waals surface area (Å²) in [5.41, 5.74) is 5.22. The molecule has 0 spiro atoms. The van der Waals surface area contributed by atoms with Gasteiger partial charge in [0, 0.05) is 30.8 Å². The molecular formula is C13H19NO. The number of anilines is 1. The first-order valence-corrected chi connectivity index (χ1v) is 5.51. The first kappa shape index (κ1) is 10.5. The third-order valence-corrected chi connectivity index (χ3v) is 3.20. The predicted molar refractivity (Wildman–Crippen MR) is 63.3 cm³/mol. The van der Waals surface area contributed by atoms with E-state index in [4.69, 9.17) is 4.74 Å². The third-order valence-electron chi connectivity index (χ3n) is 3.20. The highest BCUT2D eigenvalue weighted by molar-refractivity contribution is 5.59. The Morgan fingerprint density at radius 3 is 2.73 bits per heavy atom. The minimum Gasteiger partial charge on any atom is -0.384 e. The maximum Gasteiger partial charge on any atom is 0.0885 e. The van der Waals surface area contributed by atoms with E-state index < -0.39 is 0 Å². The van der Waals surface area contributed by atoms with Crippen molar-refractivity contribution in [1.29, 1.82) is 0 Å². The second kappa shape index (κ2) is 3.86. The van der Waals surface area contributed by atoms with Crippen molar-refractivity contribution in [3.05, 3.63) is 28.8 Å². The van der Waals surface area contributed by atoms with E-state index in [1.165, 1.54) is 22.4 Å².